The number of nitrogens with zero attached hydrogens (tertiary/aromatic N) is 1. The van der Waals surface area contributed by atoms with Crippen LogP contribution in [0.2, 0.25) is 0 Å². The van der Waals surface area contributed by atoms with Gasteiger partial charge in [0.05, 0.1) is 5.69 Å². The average Bonchev–Trinajstić information content (AvgIpc) is 2.28. The molecule has 0 aliphatic carbocycles. The summed E-state index contributed by atoms with van der Waals surface area (Å²) in [5.41, 5.74) is 2.86. The van der Waals surface area contributed by atoms with E-state index in [0.29, 0.717) is 6.42 Å². The highest BCUT2D eigenvalue weighted by Crippen LogP contribution is 2.39. The number of amides is 1. The van der Waals surface area contributed by atoms with Crippen molar-refractivity contribution in [3.05, 3.63) is 29.3 Å². The minimum absolute atomic E-state index is 0.0129. The number of hydrogen-bond acceptors (Lipinski definition) is 3. The first-order chi connectivity index (χ1) is 8.90. The van der Waals surface area contributed by atoms with Crippen LogP contribution in [0, 0.1) is 6.92 Å². The van der Waals surface area contributed by atoms with Gasteiger partial charge in [-0.15, -0.1) is 0 Å². The number of esters is 1. The summed E-state index contributed by atoms with van der Waals surface area (Å²) in [7, 11) is 0. The largest absolute Gasteiger partial charge is 0.458 e. The Kier molecular flexibility index (Phi) is 3.60. The van der Waals surface area contributed by atoms with Gasteiger partial charge < -0.3 is 9.64 Å². The van der Waals surface area contributed by atoms with Crippen LogP contribution in [0.4, 0.5) is 5.69 Å². The number of fused-ring (bicyclic) bond motifs is 1. The quantitative estimate of drug-likeness (QED) is 0.730. The van der Waals surface area contributed by atoms with E-state index in [-0.39, 0.29) is 24.0 Å². The molecule has 0 spiro atoms. The van der Waals surface area contributed by atoms with Crippen LogP contribution in [0.1, 0.15) is 44.4 Å². The highest BCUT2D eigenvalue weighted by molar-refractivity contribution is 5.93. The molecule has 2 atom stereocenters. The van der Waals surface area contributed by atoms with Gasteiger partial charge in [0.2, 0.25) is 5.91 Å². The molecule has 1 aromatic carbocycles. The van der Waals surface area contributed by atoms with Gasteiger partial charge in [0.15, 0.2) is 0 Å². The van der Waals surface area contributed by atoms with Crippen molar-refractivity contribution in [2.75, 3.05) is 4.90 Å². The molecule has 0 saturated carbocycles. The van der Waals surface area contributed by atoms with Gasteiger partial charge in [-0.25, -0.2) is 0 Å². The van der Waals surface area contributed by atoms with Gasteiger partial charge >= 0.3 is 5.97 Å². The van der Waals surface area contributed by atoms with Crippen LogP contribution in [0.5, 0.6) is 0 Å². The smallest absolute Gasteiger partial charge is 0.303 e. The van der Waals surface area contributed by atoms with E-state index in [9.17, 15) is 9.59 Å². The fourth-order valence-corrected chi connectivity index (χ4v) is 2.72. The normalized spacial score (nSPS) is 21.8. The van der Waals surface area contributed by atoms with Crippen molar-refractivity contribution in [3.63, 3.8) is 0 Å². The average molecular weight is 261 g/mol. The lowest BCUT2D eigenvalue weighted by Crippen LogP contribution is -2.42. The SMILES string of the molecule is CC(=O)O[C@@H]1CC(C)N(C(C)=O)c2ccc(C)cc21. The molecule has 1 aliphatic heterocycles. The molecule has 1 aliphatic rings. The second-order valence-electron chi connectivity index (χ2n) is 5.13. The third kappa shape index (κ3) is 2.62. The van der Waals surface area contributed by atoms with Crippen molar-refractivity contribution in [1.29, 1.82) is 0 Å². The molecule has 0 saturated heterocycles. The Labute approximate surface area is 113 Å². The monoisotopic (exact) mass is 261 g/mol. The van der Waals surface area contributed by atoms with Crippen molar-refractivity contribution in [2.45, 2.75) is 46.3 Å². The summed E-state index contributed by atoms with van der Waals surface area (Å²) in [5.74, 6) is -0.278. The van der Waals surface area contributed by atoms with E-state index in [2.05, 4.69) is 0 Å². The fraction of sp³-hybridized carbons (Fsp3) is 0.467. The zero-order valence-electron chi connectivity index (χ0n) is 11.8. The Morgan fingerprint density at radius 3 is 2.58 bits per heavy atom. The van der Waals surface area contributed by atoms with Gasteiger partial charge in [-0.1, -0.05) is 17.7 Å². The number of rotatable bonds is 1. The summed E-state index contributed by atoms with van der Waals surface area (Å²) >= 11 is 0. The minimum atomic E-state index is -0.291. The summed E-state index contributed by atoms with van der Waals surface area (Å²) in [6, 6.07) is 5.91. The van der Waals surface area contributed by atoms with E-state index >= 15 is 0 Å². The summed E-state index contributed by atoms with van der Waals surface area (Å²) in [6.07, 6.45) is 0.369. The Hall–Kier alpha value is -1.84. The molecule has 19 heavy (non-hydrogen) atoms. The summed E-state index contributed by atoms with van der Waals surface area (Å²) < 4.78 is 5.39. The molecule has 0 aromatic heterocycles. The lowest BCUT2D eigenvalue weighted by atomic mass is 9.92. The van der Waals surface area contributed by atoms with Gasteiger partial charge in [0.25, 0.3) is 0 Å². The van der Waals surface area contributed by atoms with E-state index in [0.717, 1.165) is 16.8 Å². The molecule has 2 rings (SSSR count). The number of aryl methyl sites for hydroxylation is 1. The predicted molar refractivity (Wildman–Crippen MR) is 72.9 cm³/mol. The Morgan fingerprint density at radius 1 is 1.32 bits per heavy atom. The Morgan fingerprint density at radius 2 is 2.00 bits per heavy atom. The lowest BCUT2D eigenvalue weighted by molar-refractivity contribution is -0.147. The first-order valence-electron chi connectivity index (χ1n) is 6.47. The second-order valence-corrected chi connectivity index (χ2v) is 5.13. The highest BCUT2D eigenvalue weighted by atomic mass is 16.5. The maximum atomic E-state index is 11.8. The van der Waals surface area contributed by atoms with E-state index in [4.69, 9.17) is 4.74 Å². The molecule has 102 valence electrons. The van der Waals surface area contributed by atoms with Crippen molar-refractivity contribution in [3.8, 4) is 0 Å². The molecule has 0 N–H and O–H groups in total. The Bertz CT molecular complexity index is 524. The molecular weight excluding hydrogens is 242 g/mol. The van der Waals surface area contributed by atoms with E-state index in [1.54, 1.807) is 11.8 Å². The zero-order valence-corrected chi connectivity index (χ0v) is 11.8. The molecule has 1 heterocycles. The molecule has 0 bridgehead atoms. The third-order valence-corrected chi connectivity index (χ3v) is 3.43. The maximum Gasteiger partial charge on any atom is 0.303 e. The fourth-order valence-electron chi connectivity index (χ4n) is 2.72. The molecule has 1 amide bonds. The minimum Gasteiger partial charge on any atom is -0.458 e. The van der Waals surface area contributed by atoms with Crippen molar-refractivity contribution in [2.24, 2.45) is 0 Å². The predicted octanol–water partition coefficient (Wildman–Crippen LogP) is 2.74. The first kappa shape index (κ1) is 13.6. The molecule has 0 fully saturated rings. The summed E-state index contributed by atoms with van der Waals surface area (Å²) in [4.78, 5) is 24.8. The Balaban J connectivity index is 2.49. The molecule has 0 radical (unpaired) electrons. The number of ether oxygens (including phenoxy) is 1. The van der Waals surface area contributed by atoms with Gasteiger partial charge in [-0.3, -0.25) is 9.59 Å². The number of carbonyl (C=O) groups is 2. The van der Waals surface area contributed by atoms with Gasteiger partial charge in [0, 0.05) is 31.9 Å². The number of anilines is 1. The van der Waals surface area contributed by atoms with Crippen LogP contribution in [-0.4, -0.2) is 17.9 Å². The third-order valence-electron chi connectivity index (χ3n) is 3.43. The second kappa shape index (κ2) is 5.03. The number of benzene rings is 1. The van der Waals surface area contributed by atoms with E-state index < -0.39 is 0 Å². The van der Waals surface area contributed by atoms with Crippen LogP contribution in [0.15, 0.2) is 18.2 Å². The maximum absolute atomic E-state index is 11.8. The van der Waals surface area contributed by atoms with Crippen molar-refractivity contribution < 1.29 is 14.3 Å². The molecule has 4 nitrogen and oxygen atoms in total. The van der Waals surface area contributed by atoms with Gasteiger partial charge in [-0.05, 0) is 19.9 Å². The highest BCUT2D eigenvalue weighted by Gasteiger charge is 2.33. The topological polar surface area (TPSA) is 46.6 Å². The standard InChI is InChI=1S/C15H19NO3/c1-9-5-6-14-13(7-9)15(19-12(4)18)8-10(2)16(14)11(3)17/h5-7,10,15H,8H2,1-4H3/t10?,15-/m1/s1. The lowest BCUT2D eigenvalue weighted by Gasteiger charge is -2.38. The van der Waals surface area contributed by atoms with Gasteiger partial charge in [0.1, 0.15) is 6.10 Å². The van der Waals surface area contributed by atoms with Crippen LogP contribution in [0.25, 0.3) is 0 Å². The van der Waals surface area contributed by atoms with Crippen LogP contribution in [0.3, 0.4) is 0 Å². The molecular formula is C15H19NO3. The first-order valence-corrected chi connectivity index (χ1v) is 6.47. The molecule has 1 unspecified atom stereocenters. The van der Waals surface area contributed by atoms with Crippen LogP contribution >= 0.6 is 0 Å². The molecule has 1 aromatic rings. The molecule has 4 heteroatoms. The van der Waals surface area contributed by atoms with E-state index in [1.807, 2.05) is 32.0 Å². The zero-order chi connectivity index (χ0) is 14.2. The van der Waals surface area contributed by atoms with Crippen LogP contribution in [-0.2, 0) is 14.3 Å². The van der Waals surface area contributed by atoms with Crippen LogP contribution < -0.4 is 4.90 Å². The van der Waals surface area contributed by atoms with Crippen molar-refractivity contribution >= 4 is 17.6 Å². The summed E-state index contributed by atoms with van der Waals surface area (Å²) in [5, 5.41) is 0. The van der Waals surface area contributed by atoms with Gasteiger partial charge in [-0.2, -0.15) is 0 Å². The van der Waals surface area contributed by atoms with E-state index in [1.165, 1.54) is 6.92 Å². The van der Waals surface area contributed by atoms with Crippen molar-refractivity contribution in [1.82, 2.24) is 0 Å². The number of carbonyl (C=O) groups excluding carboxylic acids is 2. The number of hydrogen-bond donors (Lipinski definition) is 0. The summed E-state index contributed by atoms with van der Waals surface area (Å²) in [6.45, 7) is 6.94.